The number of nitrogens with one attached hydrogen (secondary N) is 1. The standard InChI is InChI=1S/C28H28ClN3O4S/c1-18-9-11-21(16-22(18)29)30-27(34)25-17-26(33)32(28(37-25)31-20-7-5-4-6-8-20)14-13-19-10-12-23(35-2)24(15-19)36-3/h4-12,15-16,25H,13-14,17H2,1-3H3,(H,30,34). The molecule has 1 heterocycles. The molecule has 1 aliphatic heterocycles. The molecule has 0 spiro atoms. The zero-order chi connectivity index (χ0) is 26.4. The first-order valence-corrected chi connectivity index (χ1v) is 13.0. The predicted molar refractivity (Wildman–Crippen MR) is 149 cm³/mol. The molecule has 1 saturated heterocycles. The molecule has 1 fully saturated rings. The first kappa shape index (κ1) is 26.6. The lowest BCUT2D eigenvalue weighted by Gasteiger charge is -2.32. The molecule has 0 aromatic heterocycles. The summed E-state index contributed by atoms with van der Waals surface area (Å²) in [6.07, 6.45) is 0.648. The van der Waals surface area contributed by atoms with E-state index < -0.39 is 5.25 Å². The van der Waals surface area contributed by atoms with Gasteiger partial charge >= 0.3 is 0 Å². The highest BCUT2D eigenvalue weighted by atomic mass is 35.5. The van der Waals surface area contributed by atoms with Gasteiger partial charge in [0.25, 0.3) is 0 Å². The van der Waals surface area contributed by atoms with E-state index in [1.54, 1.807) is 31.3 Å². The number of halogens is 1. The quantitative estimate of drug-likeness (QED) is 0.389. The van der Waals surface area contributed by atoms with Gasteiger partial charge in [-0.05, 0) is 60.9 Å². The number of hydrogen-bond acceptors (Lipinski definition) is 6. The van der Waals surface area contributed by atoms with E-state index in [4.69, 9.17) is 26.1 Å². The number of carbonyl (C=O) groups is 2. The van der Waals surface area contributed by atoms with Crippen LogP contribution in [0.3, 0.4) is 0 Å². The number of anilines is 1. The van der Waals surface area contributed by atoms with Crippen molar-refractivity contribution in [1.29, 1.82) is 0 Å². The van der Waals surface area contributed by atoms with Gasteiger partial charge in [-0.2, -0.15) is 0 Å². The summed E-state index contributed by atoms with van der Waals surface area (Å²) in [5, 5.41) is 3.33. The van der Waals surface area contributed by atoms with Gasteiger partial charge < -0.3 is 14.8 Å². The van der Waals surface area contributed by atoms with Gasteiger partial charge in [0, 0.05) is 23.7 Å². The van der Waals surface area contributed by atoms with Crippen molar-refractivity contribution in [2.24, 2.45) is 4.99 Å². The Bertz CT molecular complexity index is 1320. The molecule has 37 heavy (non-hydrogen) atoms. The van der Waals surface area contributed by atoms with E-state index in [1.807, 2.05) is 61.5 Å². The summed E-state index contributed by atoms with van der Waals surface area (Å²) in [5.74, 6) is 0.853. The Morgan fingerprint density at radius 2 is 1.84 bits per heavy atom. The van der Waals surface area contributed by atoms with Gasteiger partial charge in [0.2, 0.25) is 11.8 Å². The Balaban J connectivity index is 1.54. The first-order valence-electron chi connectivity index (χ1n) is 11.8. The number of aryl methyl sites for hydroxylation is 1. The number of amidine groups is 1. The SMILES string of the molecule is COc1ccc(CCN2C(=O)CC(C(=O)Nc3ccc(C)c(Cl)c3)SC2=Nc2ccccc2)cc1OC. The highest BCUT2D eigenvalue weighted by Crippen LogP contribution is 2.32. The molecular weight excluding hydrogens is 510 g/mol. The molecule has 3 aromatic rings. The summed E-state index contributed by atoms with van der Waals surface area (Å²) in [4.78, 5) is 32.8. The van der Waals surface area contributed by atoms with Crippen LogP contribution >= 0.6 is 23.4 Å². The van der Waals surface area contributed by atoms with Crippen LogP contribution in [-0.4, -0.2) is 47.9 Å². The summed E-state index contributed by atoms with van der Waals surface area (Å²) in [6.45, 7) is 2.31. The van der Waals surface area contributed by atoms with E-state index in [0.717, 1.165) is 11.1 Å². The molecule has 0 saturated carbocycles. The normalized spacial score (nSPS) is 16.5. The summed E-state index contributed by atoms with van der Waals surface area (Å²) in [6, 6.07) is 20.4. The van der Waals surface area contributed by atoms with Crippen LogP contribution in [0.15, 0.2) is 71.7 Å². The van der Waals surface area contributed by atoms with Crippen molar-refractivity contribution in [2.45, 2.75) is 25.0 Å². The first-order chi connectivity index (χ1) is 17.9. The average Bonchev–Trinajstić information content (AvgIpc) is 2.90. The molecule has 1 aliphatic rings. The van der Waals surface area contributed by atoms with Crippen LogP contribution in [0.4, 0.5) is 11.4 Å². The fraction of sp³-hybridized carbons (Fsp3) is 0.250. The second-order valence-corrected chi connectivity index (χ2v) is 10.1. The van der Waals surface area contributed by atoms with Gasteiger partial charge in [-0.15, -0.1) is 0 Å². The van der Waals surface area contributed by atoms with Crippen molar-refractivity contribution in [2.75, 3.05) is 26.1 Å². The van der Waals surface area contributed by atoms with E-state index in [1.165, 1.54) is 11.8 Å². The number of ether oxygens (including phenoxy) is 2. The second kappa shape index (κ2) is 12.2. The van der Waals surface area contributed by atoms with Gasteiger partial charge in [0.1, 0.15) is 5.25 Å². The molecule has 0 aliphatic carbocycles. The number of nitrogens with zero attached hydrogens (tertiary/aromatic N) is 2. The average molecular weight is 538 g/mol. The van der Waals surface area contributed by atoms with Crippen LogP contribution in [0, 0.1) is 6.92 Å². The van der Waals surface area contributed by atoms with E-state index in [2.05, 4.69) is 5.32 Å². The molecule has 0 bridgehead atoms. The second-order valence-electron chi connectivity index (χ2n) is 8.48. The summed E-state index contributed by atoms with van der Waals surface area (Å²) in [5.41, 5.74) is 3.21. The lowest BCUT2D eigenvalue weighted by atomic mass is 10.1. The van der Waals surface area contributed by atoms with E-state index in [0.29, 0.717) is 46.0 Å². The largest absolute Gasteiger partial charge is 0.493 e. The number of hydrogen-bond donors (Lipinski definition) is 1. The van der Waals surface area contributed by atoms with Crippen LogP contribution in [0.5, 0.6) is 11.5 Å². The maximum absolute atomic E-state index is 13.3. The Morgan fingerprint density at radius 1 is 1.08 bits per heavy atom. The molecule has 3 aromatic carbocycles. The number of aliphatic imine (C=N–C) groups is 1. The van der Waals surface area contributed by atoms with Crippen molar-refractivity contribution in [1.82, 2.24) is 4.90 Å². The van der Waals surface area contributed by atoms with Crippen LogP contribution in [-0.2, 0) is 16.0 Å². The van der Waals surface area contributed by atoms with Crippen LogP contribution in [0.1, 0.15) is 17.5 Å². The number of thioether (sulfide) groups is 1. The maximum atomic E-state index is 13.3. The zero-order valence-electron chi connectivity index (χ0n) is 20.9. The third kappa shape index (κ3) is 6.64. The van der Waals surface area contributed by atoms with Crippen LogP contribution in [0.25, 0.3) is 0 Å². The number of methoxy groups -OCH3 is 2. The van der Waals surface area contributed by atoms with Crippen molar-refractivity contribution in [3.05, 3.63) is 82.9 Å². The van der Waals surface area contributed by atoms with E-state index in [-0.39, 0.29) is 18.2 Å². The monoisotopic (exact) mass is 537 g/mol. The Hall–Kier alpha value is -3.49. The topological polar surface area (TPSA) is 80.2 Å². The summed E-state index contributed by atoms with van der Waals surface area (Å²) >= 11 is 7.50. The van der Waals surface area contributed by atoms with Crippen molar-refractivity contribution >= 4 is 51.7 Å². The Kier molecular flexibility index (Phi) is 8.74. The van der Waals surface area contributed by atoms with Gasteiger partial charge in [-0.3, -0.25) is 14.5 Å². The van der Waals surface area contributed by atoms with Gasteiger partial charge in [0.15, 0.2) is 16.7 Å². The lowest BCUT2D eigenvalue weighted by Crippen LogP contribution is -2.46. The van der Waals surface area contributed by atoms with E-state index >= 15 is 0 Å². The Labute approximate surface area is 225 Å². The van der Waals surface area contributed by atoms with Crippen LogP contribution in [0.2, 0.25) is 5.02 Å². The van der Waals surface area contributed by atoms with Crippen molar-refractivity contribution < 1.29 is 19.1 Å². The van der Waals surface area contributed by atoms with Crippen molar-refractivity contribution in [3.63, 3.8) is 0 Å². The summed E-state index contributed by atoms with van der Waals surface area (Å²) < 4.78 is 10.7. The molecule has 2 amide bonds. The highest BCUT2D eigenvalue weighted by Gasteiger charge is 2.36. The predicted octanol–water partition coefficient (Wildman–Crippen LogP) is 5.87. The smallest absolute Gasteiger partial charge is 0.238 e. The molecule has 1 unspecified atom stereocenters. The molecule has 4 rings (SSSR count). The number of para-hydroxylation sites is 1. The molecule has 7 nitrogen and oxygen atoms in total. The molecule has 9 heteroatoms. The fourth-order valence-electron chi connectivity index (χ4n) is 3.84. The van der Waals surface area contributed by atoms with E-state index in [9.17, 15) is 9.59 Å². The van der Waals surface area contributed by atoms with Crippen LogP contribution < -0.4 is 14.8 Å². The molecule has 1 atom stereocenters. The Morgan fingerprint density at radius 3 is 2.54 bits per heavy atom. The molecular formula is C28H28ClN3O4S. The third-order valence-electron chi connectivity index (χ3n) is 5.92. The minimum atomic E-state index is -0.618. The van der Waals surface area contributed by atoms with Gasteiger partial charge in [-0.25, -0.2) is 4.99 Å². The minimum Gasteiger partial charge on any atom is -0.493 e. The number of carbonyl (C=O) groups excluding carboxylic acids is 2. The summed E-state index contributed by atoms with van der Waals surface area (Å²) in [7, 11) is 3.18. The number of rotatable bonds is 8. The molecule has 0 radical (unpaired) electrons. The third-order valence-corrected chi connectivity index (χ3v) is 7.52. The lowest BCUT2D eigenvalue weighted by molar-refractivity contribution is -0.129. The van der Waals surface area contributed by atoms with Gasteiger partial charge in [0.05, 0.1) is 19.9 Å². The molecule has 192 valence electrons. The van der Waals surface area contributed by atoms with Gasteiger partial charge in [-0.1, -0.05) is 53.7 Å². The fourth-order valence-corrected chi connectivity index (χ4v) is 5.15. The number of amides is 2. The highest BCUT2D eigenvalue weighted by molar-refractivity contribution is 8.15. The minimum absolute atomic E-state index is 0.0653. The molecule has 1 N–H and O–H groups in total. The maximum Gasteiger partial charge on any atom is 0.238 e. The van der Waals surface area contributed by atoms with Crippen molar-refractivity contribution in [3.8, 4) is 11.5 Å². The number of benzene rings is 3. The zero-order valence-corrected chi connectivity index (χ0v) is 22.4.